The van der Waals surface area contributed by atoms with Crippen molar-refractivity contribution in [1.82, 2.24) is 0 Å². The van der Waals surface area contributed by atoms with E-state index in [1.54, 1.807) is 0 Å². The molecule has 1 saturated heterocycles. The molecular formula is C12H13FO4. The number of aldehydes is 1. The second-order valence-corrected chi connectivity index (χ2v) is 3.75. The van der Waals surface area contributed by atoms with Gasteiger partial charge < -0.3 is 14.2 Å². The molecule has 1 atom stereocenters. The van der Waals surface area contributed by atoms with Gasteiger partial charge in [0.1, 0.15) is 11.9 Å². The van der Waals surface area contributed by atoms with Gasteiger partial charge in [0.2, 0.25) is 0 Å². The van der Waals surface area contributed by atoms with Gasteiger partial charge in [-0.3, -0.25) is 4.79 Å². The molecule has 0 N–H and O–H groups in total. The smallest absolute Gasteiger partial charge is 0.163 e. The fourth-order valence-corrected chi connectivity index (χ4v) is 1.68. The van der Waals surface area contributed by atoms with Crippen LogP contribution in [-0.2, 0) is 4.74 Å². The zero-order valence-corrected chi connectivity index (χ0v) is 9.44. The molecule has 5 heteroatoms. The Morgan fingerprint density at radius 2 is 2.29 bits per heavy atom. The van der Waals surface area contributed by atoms with Gasteiger partial charge in [0.25, 0.3) is 0 Å². The van der Waals surface area contributed by atoms with E-state index < -0.39 is 5.82 Å². The van der Waals surface area contributed by atoms with Gasteiger partial charge in [0, 0.05) is 12.5 Å². The normalized spacial score (nSPS) is 19.1. The van der Waals surface area contributed by atoms with Crippen molar-refractivity contribution in [3.8, 4) is 11.5 Å². The van der Waals surface area contributed by atoms with Gasteiger partial charge in [-0.1, -0.05) is 0 Å². The molecule has 0 spiro atoms. The maximum atomic E-state index is 13.3. The molecule has 1 aromatic rings. The highest BCUT2D eigenvalue weighted by Crippen LogP contribution is 2.31. The van der Waals surface area contributed by atoms with Crippen LogP contribution in [0.4, 0.5) is 4.39 Å². The minimum Gasteiger partial charge on any atom is -0.493 e. The van der Waals surface area contributed by atoms with E-state index in [2.05, 4.69) is 0 Å². The highest BCUT2D eigenvalue weighted by atomic mass is 19.1. The second kappa shape index (κ2) is 5.14. The Kier molecular flexibility index (Phi) is 3.58. The Labute approximate surface area is 98.3 Å². The number of carbonyl (C=O) groups excluding carboxylic acids is 1. The predicted molar refractivity (Wildman–Crippen MR) is 58.2 cm³/mol. The van der Waals surface area contributed by atoms with Crippen molar-refractivity contribution in [2.24, 2.45) is 0 Å². The van der Waals surface area contributed by atoms with Crippen molar-refractivity contribution in [3.63, 3.8) is 0 Å². The van der Waals surface area contributed by atoms with Crippen molar-refractivity contribution < 1.29 is 23.4 Å². The highest BCUT2D eigenvalue weighted by Gasteiger charge is 2.20. The van der Waals surface area contributed by atoms with Gasteiger partial charge in [0.05, 0.1) is 25.9 Å². The Bertz CT molecular complexity index is 413. The number of ether oxygens (including phenoxy) is 3. The number of carbonyl (C=O) groups is 1. The summed E-state index contributed by atoms with van der Waals surface area (Å²) >= 11 is 0. The van der Waals surface area contributed by atoms with Crippen LogP contribution in [0.15, 0.2) is 12.1 Å². The van der Waals surface area contributed by atoms with E-state index in [4.69, 9.17) is 14.2 Å². The maximum Gasteiger partial charge on any atom is 0.163 e. The van der Waals surface area contributed by atoms with Crippen molar-refractivity contribution in [2.75, 3.05) is 20.3 Å². The fourth-order valence-electron chi connectivity index (χ4n) is 1.68. The molecule has 1 heterocycles. The van der Waals surface area contributed by atoms with E-state index in [-0.39, 0.29) is 17.4 Å². The van der Waals surface area contributed by atoms with Gasteiger partial charge in [-0.2, -0.15) is 0 Å². The average Bonchev–Trinajstić information content (AvgIpc) is 2.83. The molecule has 0 radical (unpaired) electrons. The minimum atomic E-state index is -0.619. The molecule has 2 rings (SSSR count). The van der Waals surface area contributed by atoms with Crippen LogP contribution in [0.3, 0.4) is 0 Å². The molecule has 17 heavy (non-hydrogen) atoms. The van der Waals surface area contributed by atoms with Crippen LogP contribution in [0.5, 0.6) is 11.5 Å². The largest absolute Gasteiger partial charge is 0.493 e. The third-order valence-electron chi connectivity index (χ3n) is 2.59. The molecule has 1 aliphatic heterocycles. The maximum absolute atomic E-state index is 13.3. The first-order valence-electron chi connectivity index (χ1n) is 5.31. The summed E-state index contributed by atoms with van der Waals surface area (Å²) in [5.74, 6) is 0.0263. The van der Waals surface area contributed by atoms with Crippen molar-refractivity contribution in [1.29, 1.82) is 0 Å². The Morgan fingerprint density at radius 1 is 1.47 bits per heavy atom. The van der Waals surface area contributed by atoms with E-state index in [0.29, 0.717) is 25.2 Å². The zero-order chi connectivity index (χ0) is 12.3. The number of hydrogen-bond donors (Lipinski definition) is 0. The molecule has 92 valence electrons. The number of rotatable bonds is 4. The molecule has 1 fully saturated rings. The first-order chi connectivity index (χ1) is 8.24. The van der Waals surface area contributed by atoms with Gasteiger partial charge in [-0.05, 0) is 6.07 Å². The number of methoxy groups -OCH3 is 1. The highest BCUT2D eigenvalue weighted by molar-refractivity contribution is 5.77. The van der Waals surface area contributed by atoms with E-state index in [1.807, 2.05) is 0 Å². The molecule has 0 aromatic heterocycles. The lowest BCUT2D eigenvalue weighted by molar-refractivity contribution is 0.111. The van der Waals surface area contributed by atoms with E-state index in [1.165, 1.54) is 13.2 Å². The lowest BCUT2D eigenvalue weighted by atomic mass is 10.2. The molecule has 1 aromatic carbocycles. The van der Waals surface area contributed by atoms with Crippen LogP contribution in [-0.4, -0.2) is 32.7 Å². The lowest BCUT2D eigenvalue weighted by Gasteiger charge is -2.15. The summed E-state index contributed by atoms with van der Waals surface area (Å²) in [6.07, 6.45) is 1.15. The van der Waals surface area contributed by atoms with Gasteiger partial charge >= 0.3 is 0 Å². The Morgan fingerprint density at radius 3 is 2.88 bits per heavy atom. The molecule has 1 aliphatic rings. The molecule has 0 bridgehead atoms. The SMILES string of the molecule is COc1cc(F)c(C=O)cc1OC1CCOC1. The van der Waals surface area contributed by atoms with Crippen LogP contribution in [0.1, 0.15) is 16.8 Å². The lowest BCUT2D eigenvalue weighted by Crippen LogP contribution is -2.16. The standard InChI is InChI=1S/C12H13FO4/c1-15-11-5-10(13)8(6-14)4-12(11)17-9-2-3-16-7-9/h4-6,9H,2-3,7H2,1H3. The van der Waals surface area contributed by atoms with Crippen LogP contribution in [0, 0.1) is 5.82 Å². The van der Waals surface area contributed by atoms with Gasteiger partial charge in [-0.25, -0.2) is 4.39 Å². The summed E-state index contributed by atoms with van der Waals surface area (Å²) in [5.41, 5.74) is -0.0419. The van der Waals surface area contributed by atoms with Crippen LogP contribution in [0.25, 0.3) is 0 Å². The third-order valence-corrected chi connectivity index (χ3v) is 2.59. The minimum absolute atomic E-state index is 0.0419. The number of hydrogen-bond acceptors (Lipinski definition) is 4. The Hall–Kier alpha value is -1.62. The average molecular weight is 240 g/mol. The molecule has 0 aliphatic carbocycles. The first kappa shape index (κ1) is 11.9. The summed E-state index contributed by atoms with van der Waals surface area (Å²) in [7, 11) is 1.42. The van der Waals surface area contributed by atoms with E-state index >= 15 is 0 Å². The van der Waals surface area contributed by atoms with Crippen LogP contribution >= 0.6 is 0 Å². The van der Waals surface area contributed by atoms with E-state index in [0.717, 1.165) is 12.5 Å². The van der Waals surface area contributed by atoms with E-state index in [9.17, 15) is 9.18 Å². The second-order valence-electron chi connectivity index (χ2n) is 3.75. The van der Waals surface area contributed by atoms with Gasteiger partial charge in [0.15, 0.2) is 17.8 Å². The van der Waals surface area contributed by atoms with Crippen LogP contribution < -0.4 is 9.47 Å². The number of benzene rings is 1. The van der Waals surface area contributed by atoms with Crippen molar-refractivity contribution in [2.45, 2.75) is 12.5 Å². The van der Waals surface area contributed by atoms with Crippen molar-refractivity contribution >= 4 is 6.29 Å². The summed E-state index contributed by atoms with van der Waals surface area (Å²) < 4.78 is 29.1. The molecule has 4 nitrogen and oxygen atoms in total. The summed E-state index contributed by atoms with van der Waals surface area (Å²) in [5, 5.41) is 0. The topological polar surface area (TPSA) is 44.8 Å². The van der Waals surface area contributed by atoms with Crippen molar-refractivity contribution in [3.05, 3.63) is 23.5 Å². The molecule has 1 unspecified atom stereocenters. The quantitative estimate of drug-likeness (QED) is 0.753. The summed E-state index contributed by atoms with van der Waals surface area (Å²) in [6.45, 7) is 1.14. The molecular weight excluding hydrogens is 227 g/mol. The third kappa shape index (κ3) is 2.55. The fraction of sp³-hybridized carbons (Fsp3) is 0.417. The Balaban J connectivity index is 2.26. The predicted octanol–water partition coefficient (Wildman–Crippen LogP) is 1.81. The zero-order valence-electron chi connectivity index (χ0n) is 9.44. The molecule has 0 amide bonds. The summed E-state index contributed by atoms with van der Waals surface area (Å²) in [4.78, 5) is 10.7. The summed E-state index contributed by atoms with van der Waals surface area (Å²) in [6, 6.07) is 2.49. The monoisotopic (exact) mass is 240 g/mol. The van der Waals surface area contributed by atoms with Crippen LogP contribution in [0.2, 0.25) is 0 Å². The number of halogens is 1. The molecule has 0 saturated carbocycles. The first-order valence-corrected chi connectivity index (χ1v) is 5.31. The van der Waals surface area contributed by atoms with Gasteiger partial charge in [-0.15, -0.1) is 0 Å².